The number of hydrogen-bond donors (Lipinski definition) is 2. The van der Waals surface area contributed by atoms with Gasteiger partial charge in [0.1, 0.15) is 0 Å². The lowest BCUT2D eigenvalue weighted by Gasteiger charge is -2.16. The van der Waals surface area contributed by atoms with E-state index in [1.54, 1.807) is 24.3 Å². The summed E-state index contributed by atoms with van der Waals surface area (Å²) in [6.07, 6.45) is -3.44. The predicted octanol–water partition coefficient (Wildman–Crippen LogP) is 6.18. The minimum Gasteiger partial charge on any atom is -0.759 e. The van der Waals surface area contributed by atoms with E-state index >= 15 is 0 Å². The van der Waals surface area contributed by atoms with Crippen LogP contribution in [0.2, 0.25) is 0 Å². The number of hydrogen-bond acceptors (Lipinski definition) is 3. The first-order chi connectivity index (χ1) is 16.3. The van der Waals surface area contributed by atoms with Crippen LogP contribution in [0.1, 0.15) is 5.56 Å². The van der Waals surface area contributed by atoms with Crippen LogP contribution in [0, 0.1) is 0 Å². The molecule has 0 amide bonds. The van der Waals surface area contributed by atoms with Gasteiger partial charge in [-0.15, -0.1) is 0 Å². The highest BCUT2D eigenvalue weighted by molar-refractivity contribution is 7.77. The fourth-order valence-electron chi connectivity index (χ4n) is 4.12. The summed E-state index contributed by atoms with van der Waals surface area (Å²) in [6.45, 7) is 0. The average molecular weight is 480 g/mol. The van der Waals surface area contributed by atoms with Gasteiger partial charge in [-0.2, -0.15) is 18.0 Å². The largest absolute Gasteiger partial charge is 0.759 e. The molecule has 34 heavy (non-hydrogen) atoms. The number of nitrogens with one attached hydrogen (secondary N) is 2. The van der Waals surface area contributed by atoms with Gasteiger partial charge in [-0.05, 0) is 57.9 Å². The second kappa shape index (κ2) is 8.60. The molecule has 0 radical (unpaired) electrons. The Labute approximate surface area is 195 Å². The molecule has 0 aliphatic rings. The van der Waals surface area contributed by atoms with Gasteiger partial charge in [0.2, 0.25) is 0 Å². The van der Waals surface area contributed by atoms with Crippen LogP contribution >= 0.6 is 0 Å². The van der Waals surface area contributed by atoms with Crippen LogP contribution in [0.3, 0.4) is 0 Å². The second-order valence-electron chi connectivity index (χ2n) is 7.68. The molecule has 0 fully saturated rings. The van der Waals surface area contributed by atoms with Gasteiger partial charge in [0.05, 0.1) is 11.3 Å². The molecule has 0 bridgehead atoms. The summed E-state index contributed by atoms with van der Waals surface area (Å²) in [5.41, 5.74) is 3.78. The van der Waals surface area contributed by atoms with E-state index in [1.807, 2.05) is 59.4 Å². The molecule has 4 aromatic carbocycles. The molecule has 2 N–H and O–H groups in total. The molecule has 0 saturated carbocycles. The number of fused-ring (bicyclic) bond motifs is 2. The van der Waals surface area contributed by atoms with Crippen LogP contribution in [0.15, 0.2) is 91.1 Å². The highest BCUT2D eigenvalue weighted by atomic mass is 32.2. The first kappa shape index (κ1) is 22.1. The van der Waals surface area contributed by atoms with Gasteiger partial charge in [0.25, 0.3) is 0 Å². The Morgan fingerprint density at radius 1 is 0.824 bits per heavy atom. The molecule has 172 valence electrons. The summed E-state index contributed by atoms with van der Waals surface area (Å²) in [4.78, 5) is 2.03. The molecule has 0 spiro atoms. The maximum atomic E-state index is 13.8. The third-order valence-corrected chi connectivity index (χ3v) is 5.87. The lowest BCUT2D eigenvalue weighted by Crippen LogP contribution is -2.23. The Morgan fingerprint density at radius 3 is 1.97 bits per heavy atom. The van der Waals surface area contributed by atoms with Crippen molar-refractivity contribution < 1.29 is 21.9 Å². The highest BCUT2D eigenvalue weighted by Crippen LogP contribution is 2.41. The minimum atomic E-state index is -4.52. The number of hydrazine groups is 1. The number of anilines is 1. The smallest absolute Gasteiger partial charge is 0.417 e. The summed E-state index contributed by atoms with van der Waals surface area (Å²) in [6, 6.07) is 24.8. The zero-order valence-corrected chi connectivity index (χ0v) is 18.3. The van der Waals surface area contributed by atoms with E-state index in [1.165, 1.54) is 10.6 Å². The maximum Gasteiger partial charge on any atom is 0.417 e. The van der Waals surface area contributed by atoms with Crippen LogP contribution in [0.25, 0.3) is 38.5 Å². The van der Waals surface area contributed by atoms with Crippen molar-refractivity contribution in [2.24, 2.45) is 0 Å². The van der Waals surface area contributed by atoms with Crippen LogP contribution in [0.4, 0.5) is 18.9 Å². The van der Waals surface area contributed by atoms with Crippen molar-refractivity contribution in [3.63, 3.8) is 0 Å². The fourth-order valence-corrected chi connectivity index (χ4v) is 4.32. The molecular formula is C25H17F3N3O2S-. The summed E-state index contributed by atoms with van der Waals surface area (Å²) < 4.78 is 64.3. The third-order valence-electron chi connectivity index (χ3n) is 5.60. The average Bonchev–Trinajstić information content (AvgIpc) is 3.27. The van der Waals surface area contributed by atoms with Gasteiger partial charge in [-0.3, -0.25) is 4.21 Å². The zero-order chi connectivity index (χ0) is 23.9. The van der Waals surface area contributed by atoms with Crippen molar-refractivity contribution >= 4 is 38.5 Å². The number of aromatic nitrogens is 1. The van der Waals surface area contributed by atoms with E-state index in [-0.39, 0.29) is 0 Å². The molecule has 1 heterocycles. The molecule has 0 saturated heterocycles. The number of nitrogens with zero attached hydrogens (tertiary/aromatic N) is 1. The van der Waals surface area contributed by atoms with Crippen molar-refractivity contribution in [1.29, 1.82) is 0 Å². The van der Waals surface area contributed by atoms with E-state index in [9.17, 15) is 21.9 Å². The SMILES string of the molecule is O=S([O-])NNc1ccc(-n2cc(C(F)(F)F)cc2-c2c3ccccc3cc3ccccc23)cc1. The monoisotopic (exact) mass is 480 g/mol. The molecule has 5 aromatic rings. The standard InChI is InChI=1S/C25H18F3N3O2S/c26-25(27,28)18-14-23(31(15-18)20-11-9-19(10-12-20)29-30-34(32)33)24-21-7-3-1-5-16(21)13-17-6-2-4-8-22(17)24/h1-15,29-30H,(H,32,33)/p-1. The molecule has 0 aliphatic heterocycles. The minimum absolute atomic E-state index is 0.403. The van der Waals surface area contributed by atoms with E-state index in [0.29, 0.717) is 22.6 Å². The number of alkyl halides is 3. The Kier molecular flexibility index (Phi) is 5.60. The molecule has 1 atom stereocenters. The number of benzene rings is 4. The van der Waals surface area contributed by atoms with Crippen LogP contribution < -0.4 is 10.3 Å². The second-order valence-corrected chi connectivity index (χ2v) is 8.36. The number of rotatable bonds is 5. The van der Waals surface area contributed by atoms with Crippen molar-refractivity contribution in [2.75, 3.05) is 5.43 Å². The lowest BCUT2D eigenvalue weighted by molar-refractivity contribution is -0.137. The topological polar surface area (TPSA) is 69.1 Å². The molecule has 9 heteroatoms. The first-order valence-electron chi connectivity index (χ1n) is 10.2. The van der Waals surface area contributed by atoms with Gasteiger partial charge >= 0.3 is 6.18 Å². The summed E-state index contributed by atoms with van der Waals surface area (Å²) in [5, 5.41) is 3.53. The van der Waals surface area contributed by atoms with Crippen LogP contribution in [-0.4, -0.2) is 13.3 Å². The Balaban J connectivity index is 1.75. The Morgan fingerprint density at radius 2 is 1.41 bits per heavy atom. The van der Waals surface area contributed by atoms with Crippen molar-refractivity contribution in [2.45, 2.75) is 6.18 Å². The predicted molar refractivity (Wildman–Crippen MR) is 127 cm³/mol. The summed E-state index contributed by atoms with van der Waals surface area (Å²) >= 11 is -2.51. The van der Waals surface area contributed by atoms with Crippen molar-refractivity contribution in [3.8, 4) is 16.9 Å². The molecule has 0 aliphatic carbocycles. The van der Waals surface area contributed by atoms with E-state index in [4.69, 9.17) is 0 Å². The highest BCUT2D eigenvalue weighted by Gasteiger charge is 2.33. The van der Waals surface area contributed by atoms with E-state index in [0.717, 1.165) is 27.7 Å². The first-order valence-corrected chi connectivity index (χ1v) is 11.3. The van der Waals surface area contributed by atoms with E-state index < -0.39 is 23.0 Å². The molecule has 1 aromatic heterocycles. The van der Waals surface area contributed by atoms with Crippen molar-refractivity contribution in [1.82, 2.24) is 9.40 Å². The Hall–Kier alpha value is -3.66. The molecule has 5 rings (SSSR count). The molecule has 1 unspecified atom stereocenters. The number of halogens is 3. The van der Waals surface area contributed by atoms with Gasteiger partial charge in [-0.25, -0.2) is 0 Å². The maximum absolute atomic E-state index is 13.8. The zero-order valence-electron chi connectivity index (χ0n) is 17.5. The van der Waals surface area contributed by atoms with Gasteiger partial charge in [0, 0.05) is 34.4 Å². The van der Waals surface area contributed by atoms with Gasteiger partial charge in [-0.1, -0.05) is 48.5 Å². The molecule has 5 nitrogen and oxygen atoms in total. The quantitative estimate of drug-likeness (QED) is 0.179. The van der Waals surface area contributed by atoms with Crippen LogP contribution in [-0.2, 0) is 17.4 Å². The summed E-state index contributed by atoms with van der Waals surface area (Å²) in [7, 11) is 0. The van der Waals surface area contributed by atoms with Crippen molar-refractivity contribution in [3.05, 3.63) is 96.7 Å². The fraction of sp³-hybridized carbons (Fsp3) is 0.0400. The Bertz CT molecular complexity index is 1470. The van der Waals surface area contributed by atoms with Gasteiger partial charge < -0.3 is 14.5 Å². The normalized spacial score (nSPS) is 12.8. The lowest BCUT2D eigenvalue weighted by atomic mass is 9.94. The van der Waals surface area contributed by atoms with E-state index in [2.05, 4.69) is 5.43 Å². The summed E-state index contributed by atoms with van der Waals surface area (Å²) in [5.74, 6) is 0. The molecular weight excluding hydrogens is 463 g/mol. The van der Waals surface area contributed by atoms with Gasteiger partial charge in [0.15, 0.2) is 0 Å². The third kappa shape index (κ3) is 4.16. The van der Waals surface area contributed by atoms with Crippen LogP contribution in [0.5, 0.6) is 0 Å².